The van der Waals surface area contributed by atoms with Gasteiger partial charge in [-0.25, -0.2) is 4.79 Å². The molecule has 0 aliphatic carbocycles. The lowest BCUT2D eigenvalue weighted by atomic mass is 9.95. The van der Waals surface area contributed by atoms with Crippen LogP contribution >= 0.6 is 0 Å². The zero-order chi connectivity index (χ0) is 18.8. The summed E-state index contributed by atoms with van der Waals surface area (Å²) in [5, 5.41) is 9.23. The van der Waals surface area contributed by atoms with E-state index in [0.29, 0.717) is 17.9 Å². The molecule has 0 atom stereocenters. The van der Waals surface area contributed by atoms with Crippen LogP contribution in [0.25, 0.3) is 11.1 Å². The number of carboxylic acids is 1. The number of furan rings is 1. The molecule has 1 aromatic heterocycles. The second-order valence-electron chi connectivity index (χ2n) is 6.52. The summed E-state index contributed by atoms with van der Waals surface area (Å²) in [4.78, 5) is 11.3. The van der Waals surface area contributed by atoms with Crippen LogP contribution in [0.3, 0.4) is 0 Å². The summed E-state index contributed by atoms with van der Waals surface area (Å²) < 4.78 is 11.1. The summed E-state index contributed by atoms with van der Waals surface area (Å²) in [6.45, 7) is 8.92. The van der Waals surface area contributed by atoms with Gasteiger partial charge in [0.05, 0.1) is 6.26 Å². The minimum atomic E-state index is -1.09. The monoisotopic (exact) mass is 350 g/mol. The fourth-order valence-corrected chi connectivity index (χ4v) is 3.13. The van der Waals surface area contributed by atoms with E-state index in [-0.39, 0.29) is 5.76 Å². The lowest BCUT2D eigenvalue weighted by Crippen LogP contribution is -2.04. The van der Waals surface area contributed by atoms with Crippen LogP contribution < -0.4 is 4.74 Å². The molecular formula is C22H22O4. The van der Waals surface area contributed by atoms with Gasteiger partial charge < -0.3 is 14.3 Å². The second kappa shape index (κ2) is 7.08. The van der Waals surface area contributed by atoms with E-state index in [2.05, 4.69) is 33.8 Å². The molecule has 4 nitrogen and oxygen atoms in total. The first-order chi connectivity index (χ1) is 12.4. The largest absolute Gasteiger partial charge is 0.489 e. The number of benzene rings is 2. The van der Waals surface area contributed by atoms with Crippen LogP contribution in [0.4, 0.5) is 0 Å². The third kappa shape index (κ3) is 3.36. The van der Waals surface area contributed by atoms with Gasteiger partial charge in [0, 0.05) is 5.56 Å². The van der Waals surface area contributed by atoms with Crippen molar-refractivity contribution in [2.75, 3.05) is 0 Å². The number of aryl methyl sites for hydroxylation is 2. The van der Waals surface area contributed by atoms with Crippen molar-refractivity contribution < 1.29 is 19.1 Å². The van der Waals surface area contributed by atoms with E-state index < -0.39 is 5.97 Å². The smallest absolute Gasteiger partial charge is 0.372 e. The maximum atomic E-state index is 11.3. The SMILES string of the molecule is Cc1cc(C)c(C)c(COc2cccc(-c3ccoc3C(=O)O)c2)c1C. The van der Waals surface area contributed by atoms with Gasteiger partial charge in [-0.05, 0) is 79.3 Å². The Bertz CT molecular complexity index is 940. The third-order valence-electron chi connectivity index (χ3n) is 4.91. The van der Waals surface area contributed by atoms with Gasteiger partial charge in [-0.2, -0.15) is 0 Å². The number of aromatic carboxylic acids is 1. The van der Waals surface area contributed by atoms with Gasteiger partial charge in [-0.3, -0.25) is 0 Å². The fraction of sp³-hybridized carbons (Fsp3) is 0.227. The summed E-state index contributed by atoms with van der Waals surface area (Å²) in [6, 6.07) is 11.3. The zero-order valence-electron chi connectivity index (χ0n) is 15.4. The van der Waals surface area contributed by atoms with Gasteiger partial charge in [-0.1, -0.05) is 18.2 Å². The Labute approximate surface area is 153 Å². The number of carboxylic acid groups (broad SMARTS) is 1. The van der Waals surface area contributed by atoms with E-state index in [4.69, 9.17) is 9.15 Å². The van der Waals surface area contributed by atoms with Gasteiger partial charge in [0.25, 0.3) is 0 Å². The molecule has 26 heavy (non-hydrogen) atoms. The second-order valence-corrected chi connectivity index (χ2v) is 6.52. The predicted octanol–water partition coefficient (Wildman–Crippen LogP) is 5.46. The van der Waals surface area contributed by atoms with E-state index in [0.717, 1.165) is 5.56 Å². The summed E-state index contributed by atoms with van der Waals surface area (Å²) in [5.74, 6) is -0.459. The maximum Gasteiger partial charge on any atom is 0.372 e. The molecule has 0 radical (unpaired) electrons. The van der Waals surface area contributed by atoms with Crippen LogP contribution in [0.15, 0.2) is 47.1 Å². The van der Waals surface area contributed by atoms with Crippen molar-refractivity contribution in [3.63, 3.8) is 0 Å². The summed E-state index contributed by atoms with van der Waals surface area (Å²) in [7, 11) is 0. The Morgan fingerprint density at radius 2 is 1.73 bits per heavy atom. The fourth-order valence-electron chi connectivity index (χ4n) is 3.13. The minimum Gasteiger partial charge on any atom is -0.489 e. The van der Waals surface area contributed by atoms with Crippen LogP contribution in [0.2, 0.25) is 0 Å². The highest BCUT2D eigenvalue weighted by atomic mass is 16.5. The lowest BCUT2D eigenvalue weighted by Gasteiger charge is -2.16. The van der Waals surface area contributed by atoms with E-state index in [9.17, 15) is 9.90 Å². The highest BCUT2D eigenvalue weighted by Gasteiger charge is 2.16. The summed E-state index contributed by atoms with van der Waals surface area (Å²) in [5.41, 5.74) is 7.49. The normalized spacial score (nSPS) is 10.8. The van der Waals surface area contributed by atoms with E-state index in [1.807, 2.05) is 24.3 Å². The van der Waals surface area contributed by atoms with Crippen LogP contribution in [-0.4, -0.2) is 11.1 Å². The minimum absolute atomic E-state index is 0.0665. The molecule has 1 heterocycles. The molecule has 0 amide bonds. The van der Waals surface area contributed by atoms with Gasteiger partial charge in [-0.15, -0.1) is 0 Å². The molecule has 0 bridgehead atoms. The Balaban J connectivity index is 1.87. The molecule has 0 spiro atoms. The molecule has 0 saturated carbocycles. The van der Waals surface area contributed by atoms with Crippen molar-refractivity contribution in [3.8, 4) is 16.9 Å². The Kier molecular flexibility index (Phi) is 4.85. The quantitative estimate of drug-likeness (QED) is 0.664. The first kappa shape index (κ1) is 17.8. The first-order valence-electron chi connectivity index (χ1n) is 8.48. The third-order valence-corrected chi connectivity index (χ3v) is 4.91. The van der Waals surface area contributed by atoms with Gasteiger partial charge in [0.1, 0.15) is 12.4 Å². The van der Waals surface area contributed by atoms with Gasteiger partial charge in [0.15, 0.2) is 0 Å². The van der Waals surface area contributed by atoms with Crippen molar-refractivity contribution in [2.45, 2.75) is 34.3 Å². The van der Waals surface area contributed by atoms with E-state index in [1.165, 1.54) is 34.1 Å². The Morgan fingerprint density at radius 1 is 1.04 bits per heavy atom. The lowest BCUT2D eigenvalue weighted by molar-refractivity contribution is 0.0663. The molecule has 0 fully saturated rings. The summed E-state index contributed by atoms with van der Waals surface area (Å²) >= 11 is 0. The molecule has 0 aliphatic heterocycles. The molecule has 0 unspecified atom stereocenters. The van der Waals surface area contributed by atoms with Crippen LogP contribution in [0.5, 0.6) is 5.75 Å². The molecule has 4 heteroatoms. The molecule has 3 rings (SSSR count). The van der Waals surface area contributed by atoms with Gasteiger partial charge in [0.2, 0.25) is 5.76 Å². The number of ether oxygens (including phenoxy) is 1. The number of hydrogen-bond donors (Lipinski definition) is 1. The van der Waals surface area contributed by atoms with Gasteiger partial charge >= 0.3 is 5.97 Å². The van der Waals surface area contributed by atoms with Crippen molar-refractivity contribution in [1.29, 1.82) is 0 Å². The average Bonchev–Trinajstić information content (AvgIpc) is 3.10. The number of carbonyl (C=O) groups is 1. The molecule has 1 N–H and O–H groups in total. The number of hydrogen-bond acceptors (Lipinski definition) is 3. The van der Waals surface area contributed by atoms with Crippen molar-refractivity contribution in [1.82, 2.24) is 0 Å². The molecule has 2 aromatic carbocycles. The standard InChI is InChI=1S/C22H22O4/c1-13-10-14(2)16(4)20(15(13)3)12-26-18-7-5-6-17(11-18)19-8-9-25-21(19)22(23)24/h5-11H,12H2,1-4H3,(H,23,24). The molecule has 0 aliphatic rings. The highest BCUT2D eigenvalue weighted by molar-refractivity contribution is 5.93. The van der Waals surface area contributed by atoms with E-state index >= 15 is 0 Å². The molecular weight excluding hydrogens is 328 g/mol. The average molecular weight is 350 g/mol. The van der Waals surface area contributed by atoms with E-state index in [1.54, 1.807) is 6.07 Å². The molecule has 3 aromatic rings. The first-order valence-corrected chi connectivity index (χ1v) is 8.48. The van der Waals surface area contributed by atoms with Crippen LogP contribution in [0.1, 0.15) is 38.4 Å². The van der Waals surface area contributed by atoms with Crippen molar-refractivity contribution in [3.05, 3.63) is 76.2 Å². The summed E-state index contributed by atoms with van der Waals surface area (Å²) in [6.07, 6.45) is 1.38. The van der Waals surface area contributed by atoms with Crippen LogP contribution in [-0.2, 0) is 6.61 Å². The Hall–Kier alpha value is -3.01. The Morgan fingerprint density at radius 3 is 2.38 bits per heavy atom. The maximum absolute atomic E-state index is 11.3. The predicted molar refractivity (Wildman–Crippen MR) is 101 cm³/mol. The zero-order valence-corrected chi connectivity index (χ0v) is 15.4. The van der Waals surface area contributed by atoms with Crippen LogP contribution in [0, 0.1) is 27.7 Å². The van der Waals surface area contributed by atoms with Crippen molar-refractivity contribution in [2.24, 2.45) is 0 Å². The van der Waals surface area contributed by atoms with Crippen molar-refractivity contribution >= 4 is 5.97 Å². The molecule has 0 saturated heterocycles. The topological polar surface area (TPSA) is 59.7 Å². The highest BCUT2D eigenvalue weighted by Crippen LogP contribution is 2.29. The molecule has 134 valence electrons. The number of rotatable bonds is 5.